The summed E-state index contributed by atoms with van der Waals surface area (Å²) < 4.78 is 0. The Balaban J connectivity index is 3.31. The number of carboxylic acids is 1. The van der Waals surface area contributed by atoms with Gasteiger partial charge in [-0.1, -0.05) is 0 Å². The maximum atomic E-state index is 10.2. The van der Waals surface area contributed by atoms with Gasteiger partial charge in [0.2, 0.25) is 0 Å². The normalized spacial score (nSPS) is 13.2. The zero-order valence-corrected chi connectivity index (χ0v) is 7.25. The van der Waals surface area contributed by atoms with Gasteiger partial charge >= 0.3 is 5.97 Å². The van der Waals surface area contributed by atoms with Gasteiger partial charge in [-0.2, -0.15) is 0 Å². The number of carbonyl (C=O) groups is 1. The molecule has 6 nitrogen and oxygen atoms in total. The second-order valence-electron chi connectivity index (χ2n) is 1.83. The van der Waals surface area contributed by atoms with Crippen molar-refractivity contribution in [1.29, 1.82) is 0 Å². The number of aliphatic carboxylic acids is 1. The first-order chi connectivity index (χ1) is 5.68. The summed E-state index contributed by atoms with van der Waals surface area (Å²) in [5.41, 5.74) is 7.43. The molecule has 12 heavy (non-hydrogen) atoms. The Kier molecular flexibility index (Phi) is 6.44. The first-order valence-corrected chi connectivity index (χ1v) is 4.27. The zero-order valence-electron chi connectivity index (χ0n) is 6.43. The lowest BCUT2D eigenvalue weighted by Gasteiger charge is -2.02. The van der Waals surface area contributed by atoms with Crippen molar-refractivity contribution in [3.63, 3.8) is 0 Å². The van der Waals surface area contributed by atoms with Crippen LogP contribution in [0.4, 0.5) is 0 Å². The zero-order chi connectivity index (χ0) is 9.40. The van der Waals surface area contributed by atoms with Crippen LogP contribution in [0, 0.1) is 0 Å². The lowest BCUT2D eigenvalue weighted by Crippen LogP contribution is -2.27. The predicted octanol–water partition coefficient (Wildman–Crippen LogP) is -1.42. The summed E-state index contributed by atoms with van der Waals surface area (Å²) in [4.78, 5) is 14.0. The number of aliphatic imine (C=N–C) groups is 1. The van der Waals surface area contributed by atoms with Crippen molar-refractivity contribution in [3.05, 3.63) is 0 Å². The Bertz CT molecular complexity index is 164. The van der Waals surface area contributed by atoms with Crippen molar-refractivity contribution >= 4 is 24.1 Å². The molecule has 0 saturated carbocycles. The van der Waals surface area contributed by atoms with Gasteiger partial charge in [0.05, 0.1) is 6.34 Å². The summed E-state index contributed by atoms with van der Waals surface area (Å²) in [7, 11) is 0. The minimum atomic E-state index is -1.01. The van der Waals surface area contributed by atoms with E-state index in [1.165, 1.54) is 6.34 Å². The maximum absolute atomic E-state index is 10.2. The highest BCUT2D eigenvalue weighted by atomic mass is 32.2. The number of nitrogens with two attached hydrogens (primary N) is 2. The molecule has 0 saturated heterocycles. The largest absolute Gasteiger partial charge is 0.479 e. The molecule has 0 aliphatic rings. The van der Waals surface area contributed by atoms with Gasteiger partial charge in [0, 0.05) is 12.3 Å². The van der Waals surface area contributed by atoms with Crippen LogP contribution < -0.4 is 17.0 Å². The molecule has 0 aliphatic heterocycles. The van der Waals surface area contributed by atoms with Crippen LogP contribution in [0.5, 0.6) is 0 Å². The molecular weight excluding hydrogens is 180 g/mol. The SMILES string of the molecule is NNC=NCCSC(N)C(=O)O. The van der Waals surface area contributed by atoms with Crippen LogP contribution in [0.2, 0.25) is 0 Å². The fourth-order valence-electron chi connectivity index (χ4n) is 0.421. The molecule has 0 heterocycles. The summed E-state index contributed by atoms with van der Waals surface area (Å²) in [5, 5.41) is 7.50. The van der Waals surface area contributed by atoms with E-state index in [0.717, 1.165) is 11.8 Å². The van der Waals surface area contributed by atoms with Gasteiger partial charge in [0.1, 0.15) is 5.37 Å². The molecule has 7 heteroatoms. The highest BCUT2D eigenvalue weighted by Crippen LogP contribution is 2.04. The van der Waals surface area contributed by atoms with E-state index in [0.29, 0.717) is 12.3 Å². The molecule has 0 aromatic rings. The Morgan fingerprint density at radius 2 is 2.50 bits per heavy atom. The lowest BCUT2D eigenvalue weighted by molar-refractivity contribution is -0.136. The van der Waals surface area contributed by atoms with E-state index in [-0.39, 0.29) is 0 Å². The third-order valence-electron chi connectivity index (χ3n) is 0.927. The molecule has 0 fully saturated rings. The molecule has 0 spiro atoms. The topological polar surface area (TPSA) is 114 Å². The molecular formula is C5H12N4O2S. The number of hydrazine groups is 1. The van der Waals surface area contributed by atoms with Crippen molar-refractivity contribution < 1.29 is 9.90 Å². The van der Waals surface area contributed by atoms with E-state index in [9.17, 15) is 4.79 Å². The Hall–Kier alpha value is -0.790. The standard InChI is InChI=1S/C5H12N4O2S/c6-4(5(10)11)12-2-1-8-3-9-7/h3-4H,1-2,6-7H2,(H,8,9)(H,10,11). The van der Waals surface area contributed by atoms with Crippen molar-refractivity contribution in [1.82, 2.24) is 5.43 Å². The average Bonchev–Trinajstić information content (AvgIpc) is 2.03. The smallest absolute Gasteiger partial charge is 0.330 e. The van der Waals surface area contributed by atoms with Crippen LogP contribution in [0.1, 0.15) is 0 Å². The number of thioether (sulfide) groups is 1. The number of hydrogen-bond acceptors (Lipinski definition) is 5. The Morgan fingerprint density at radius 1 is 1.83 bits per heavy atom. The molecule has 0 rings (SSSR count). The van der Waals surface area contributed by atoms with Crippen LogP contribution in [0.15, 0.2) is 4.99 Å². The number of hydrogen-bond donors (Lipinski definition) is 4. The summed E-state index contributed by atoms with van der Waals surface area (Å²) in [5.74, 6) is 4.44. The fourth-order valence-corrected chi connectivity index (χ4v) is 1.03. The molecule has 0 aliphatic carbocycles. The first kappa shape index (κ1) is 11.2. The van der Waals surface area contributed by atoms with E-state index < -0.39 is 11.3 Å². The second kappa shape index (κ2) is 6.89. The van der Waals surface area contributed by atoms with Gasteiger partial charge in [-0.05, 0) is 0 Å². The van der Waals surface area contributed by atoms with Crippen LogP contribution in [0.25, 0.3) is 0 Å². The van der Waals surface area contributed by atoms with Gasteiger partial charge in [0.25, 0.3) is 0 Å². The molecule has 6 N–H and O–H groups in total. The Morgan fingerprint density at radius 3 is 3.00 bits per heavy atom. The van der Waals surface area contributed by atoms with Crippen molar-refractivity contribution in [2.24, 2.45) is 16.6 Å². The van der Waals surface area contributed by atoms with Crippen molar-refractivity contribution in [3.8, 4) is 0 Å². The molecule has 0 amide bonds. The van der Waals surface area contributed by atoms with E-state index in [1.807, 2.05) is 0 Å². The summed E-state index contributed by atoms with van der Waals surface area (Å²) in [6.07, 6.45) is 1.34. The molecule has 1 atom stereocenters. The summed E-state index contributed by atoms with van der Waals surface area (Å²) in [6.45, 7) is 0.496. The molecule has 0 bridgehead atoms. The van der Waals surface area contributed by atoms with Crippen LogP contribution in [-0.2, 0) is 4.79 Å². The van der Waals surface area contributed by atoms with Gasteiger partial charge in [-0.3, -0.25) is 4.99 Å². The van der Waals surface area contributed by atoms with E-state index in [1.54, 1.807) is 0 Å². The van der Waals surface area contributed by atoms with Gasteiger partial charge < -0.3 is 16.3 Å². The monoisotopic (exact) mass is 192 g/mol. The summed E-state index contributed by atoms with van der Waals surface area (Å²) in [6, 6.07) is 0. The lowest BCUT2D eigenvalue weighted by atomic mass is 10.7. The Labute approximate surface area is 74.4 Å². The third kappa shape index (κ3) is 5.96. The van der Waals surface area contributed by atoms with Crippen LogP contribution >= 0.6 is 11.8 Å². The van der Waals surface area contributed by atoms with Gasteiger partial charge in [-0.15, -0.1) is 11.8 Å². The molecule has 0 aromatic carbocycles. The minimum absolute atomic E-state index is 0.496. The molecule has 0 radical (unpaired) electrons. The highest BCUT2D eigenvalue weighted by molar-refractivity contribution is 8.00. The predicted molar refractivity (Wildman–Crippen MR) is 48.8 cm³/mol. The maximum Gasteiger partial charge on any atom is 0.330 e. The second-order valence-corrected chi connectivity index (χ2v) is 3.08. The number of nitrogens with one attached hydrogen (secondary N) is 1. The van der Waals surface area contributed by atoms with E-state index in [2.05, 4.69) is 10.4 Å². The number of rotatable bonds is 6. The first-order valence-electron chi connectivity index (χ1n) is 3.23. The van der Waals surface area contributed by atoms with Crippen molar-refractivity contribution in [2.45, 2.75) is 5.37 Å². The van der Waals surface area contributed by atoms with Crippen LogP contribution in [-0.4, -0.2) is 35.1 Å². The molecule has 1 unspecified atom stereocenters. The highest BCUT2D eigenvalue weighted by Gasteiger charge is 2.09. The molecule has 70 valence electrons. The van der Waals surface area contributed by atoms with Crippen LogP contribution in [0.3, 0.4) is 0 Å². The molecule has 0 aromatic heterocycles. The van der Waals surface area contributed by atoms with Crippen molar-refractivity contribution in [2.75, 3.05) is 12.3 Å². The number of carboxylic acid groups (broad SMARTS) is 1. The quantitative estimate of drug-likeness (QED) is 0.103. The van der Waals surface area contributed by atoms with E-state index >= 15 is 0 Å². The third-order valence-corrected chi connectivity index (χ3v) is 1.91. The number of nitrogens with zero attached hydrogens (tertiary/aromatic N) is 1. The average molecular weight is 192 g/mol. The fraction of sp³-hybridized carbons (Fsp3) is 0.600. The van der Waals surface area contributed by atoms with E-state index in [4.69, 9.17) is 16.7 Å². The minimum Gasteiger partial charge on any atom is -0.479 e. The van der Waals surface area contributed by atoms with Gasteiger partial charge in [0.15, 0.2) is 0 Å². The van der Waals surface area contributed by atoms with Gasteiger partial charge in [-0.25, -0.2) is 10.6 Å². The summed E-state index contributed by atoms with van der Waals surface area (Å²) >= 11 is 1.13.